The third-order valence-electron chi connectivity index (χ3n) is 2.20. The molecule has 1 atom stereocenters. The van der Waals surface area contributed by atoms with Crippen molar-refractivity contribution in [3.63, 3.8) is 0 Å². The quantitative estimate of drug-likeness (QED) is 0.500. The van der Waals surface area contributed by atoms with Gasteiger partial charge in [-0.1, -0.05) is 18.2 Å². The number of rotatable bonds is 4. The molecule has 0 bridgehead atoms. The van der Waals surface area contributed by atoms with Gasteiger partial charge in [0.1, 0.15) is 0 Å². The summed E-state index contributed by atoms with van der Waals surface area (Å²) >= 11 is 2.08. The van der Waals surface area contributed by atoms with Crippen LogP contribution in [0.5, 0.6) is 0 Å². The van der Waals surface area contributed by atoms with Gasteiger partial charge in [-0.15, -0.1) is 0 Å². The molecule has 0 saturated heterocycles. The van der Waals surface area contributed by atoms with Gasteiger partial charge >= 0.3 is 6.18 Å². The molecule has 90 valence electrons. The van der Waals surface area contributed by atoms with Crippen molar-refractivity contribution in [1.29, 1.82) is 0 Å². The number of nitrogens with one attached hydrogen (secondary N) is 1. The van der Waals surface area contributed by atoms with E-state index in [1.165, 1.54) is 0 Å². The first-order valence-electron chi connectivity index (χ1n) is 4.71. The van der Waals surface area contributed by atoms with E-state index in [4.69, 9.17) is 5.84 Å². The smallest absolute Gasteiger partial charge is 0.271 e. The Hall–Kier alpha value is -0.340. The highest BCUT2D eigenvalue weighted by Crippen LogP contribution is 2.28. The zero-order valence-electron chi connectivity index (χ0n) is 8.39. The summed E-state index contributed by atoms with van der Waals surface area (Å²) in [6.45, 7) is 0. The molecule has 1 rings (SSSR count). The predicted molar refractivity (Wildman–Crippen MR) is 64.5 cm³/mol. The van der Waals surface area contributed by atoms with Gasteiger partial charge in [-0.25, -0.2) is 0 Å². The van der Waals surface area contributed by atoms with Gasteiger partial charge in [0.15, 0.2) is 0 Å². The number of halogens is 4. The van der Waals surface area contributed by atoms with Crippen molar-refractivity contribution in [2.45, 2.75) is 25.1 Å². The second-order valence-electron chi connectivity index (χ2n) is 3.39. The molecule has 6 heteroatoms. The molecule has 0 aromatic heterocycles. The van der Waals surface area contributed by atoms with Crippen LogP contribution in [-0.4, -0.2) is 6.18 Å². The number of hydrazine groups is 1. The van der Waals surface area contributed by atoms with Crippen LogP contribution in [0.15, 0.2) is 24.3 Å². The van der Waals surface area contributed by atoms with Gasteiger partial charge in [-0.2, -0.15) is 13.2 Å². The van der Waals surface area contributed by atoms with Gasteiger partial charge in [0, 0.05) is 16.0 Å². The van der Waals surface area contributed by atoms with Gasteiger partial charge in [0.25, 0.3) is 0 Å². The standard InChI is InChI=1S/C10H12F3IN2/c11-10(12,13)6-5-9(16-15)7-3-1-2-4-8(7)14/h1-4,9,16H,5-6,15H2. The van der Waals surface area contributed by atoms with E-state index < -0.39 is 18.6 Å². The van der Waals surface area contributed by atoms with E-state index in [-0.39, 0.29) is 6.42 Å². The van der Waals surface area contributed by atoms with Crippen molar-refractivity contribution < 1.29 is 13.2 Å². The lowest BCUT2D eigenvalue weighted by molar-refractivity contribution is -0.136. The van der Waals surface area contributed by atoms with Crippen molar-refractivity contribution in [2.75, 3.05) is 0 Å². The summed E-state index contributed by atoms with van der Waals surface area (Å²) in [6.07, 6.45) is -5.04. The lowest BCUT2D eigenvalue weighted by Gasteiger charge is -2.18. The SMILES string of the molecule is NNC(CCC(F)(F)F)c1ccccc1I. The highest BCUT2D eigenvalue weighted by Gasteiger charge is 2.28. The molecule has 2 nitrogen and oxygen atoms in total. The van der Waals surface area contributed by atoms with Crippen LogP contribution < -0.4 is 11.3 Å². The zero-order chi connectivity index (χ0) is 12.2. The molecule has 1 unspecified atom stereocenters. The van der Waals surface area contributed by atoms with Crippen LogP contribution in [0.25, 0.3) is 0 Å². The summed E-state index contributed by atoms with van der Waals surface area (Å²) in [6, 6.07) is 6.78. The van der Waals surface area contributed by atoms with Crippen molar-refractivity contribution in [3.8, 4) is 0 Å². The molecule has 0 amide bonds. The van der Waals surface area contributed by atoms with E-state index in [0.717, 1.165) is 9.13 Å². The molecule has 1 aromatic carbocycles. The number of alkyl halides is 3. The Morgan fingerprint density at radius 2 is 1.94 bits per heavy atom. The summed E-state index contributed by atoms with van der Waals surface area (Å²) in [5.41, 5.74) is 3.23. The van der Waals surface area contributed by atoms with Crippen LogP contribution in [0.3, 0.4) is 0 Å². The maximum Gasteiger partial charge on any atom is 0.389 e. The molecule has 0 radical (unpaired) electrons. The number of benzene rings is 1. The second-order valence-corrected chi connectivity index (χ2v) is 4.56. The Bertz CT molecular complexity index is 341. The van der Waals surface area contributed by atoms with E-state index >= 15 is 0 Å². The molecular formula is C10H12F3IN2. The van der Waals surface area contributed by atoms with Crippen LogP contribution in [-0.2, 0) is 0 Å². The molecular weight excluding hydrogens is 332 g/mol. The molecule has 1 aromatic rings. The predicted octanol–water partition coefficient (Wildman–Crippen LogP) is 3.14. The molecule has 16 heavy (non-hydrogen) atoms. The topological polar surface area (TPSA) is 38.0 Å². The Morgan fingerprint density at radius 3 is 2.44 bits per heavy atom. The molecule has 0 aliphatic carbocycles. The molecule has 3 N–H and O–H groups in total. The fourth-order valence-electron chi connectivity index (χ4n) is 1.39. The van der Waals surface area contributed by atoms with Gasteiger partial charge < -0.3 is 0 Å². The lowest BCUT2D eigenvalue weighted by Crippen LogP contribution is -2.29. The average Bonchev–Trinajstić information content (AvgIpc) is 2.20. The van der Waals surface area contributed by atoms with Crippen molar-refractivity contribution >= 4 is 22.6 Å². The largest absolute Gasteiger partial charge is 0.389 e. The van der Waals surface area contributed by atoms with E-state index in [2.05, 4.69) is 28.0 Å². The lowest BCUT2D eigenvalue weighted by atomic mass is 10.0. The molecule has 0 fully saturated rings. The van der Waals surface area contributed by atoms with Gasteiger partial charge in [-0.05, 0) is 40.6 Å². The molecule has 0 saturated carbocycles. The average molecular weight is 344 g/mol. The fourth-order valence-corrected chi connectivity index (χ4v) is 2.16. The normalized spacial score (nSPS) is 13.8. The van der Waals surface area contributed by atoms with Gasteiger partial charge in [0.2, 0.25) is 0 Å². The van der Waals surface area contributed by atoms with E-state index in [0.29, 0.717) is 0 Å². The maximum absolute atomic E-state index is 12.1. The van der Waals surface area contributed by atoms with Crippen LogP contribution in [0, 0.1) is 3.57 Å². The summed E-state index contributed by atoms with van der Waals surface area (Å²) < 4.78 is 37.2. The van der Waals surface area contributed by atoms with Crippen LogP contribution in [0.2, 0.25) is 0 Å². The Balaban J connectivity index is 2.72. The third kappa shape index (κ3) is 4.26. The highest BCUT2D eigenvalue weighted by molar-refractivity contribution is 14.1. The van der Waals surface area contributed by atoms with Gasteiger partial charge in [-0.3, -0.25) is 11.3 Å². The van der Waals surface area contributed by atoms with E-state index in [1.54, 1.807) is 12.1 Å². The molecule has 0 aliphatic rings. The summed E-state index contributed by atoms with van der Waals surface area (Å²) in [5.74, 6) is 5.28. The Kier molecular flexibility index (Phi) is 5.00. The van der Waals surface area contributed by atoms with Crippen LogP contribution >= 0.6 is 22.6 Å². The minimum Gasteiger partial charge on any atom is -0.271 e. The number of hydrogen-bond donors (Lipinski definition) is 2. The minimum absolute atomic E-state index is 0.0555. The third-order valence-corrected chi connectivity index (χ3v) is 3.18. The Morgan fingerprint density at radius 1 is 1.31 bits per heavy atom. The maximum atomic E-state index is 12.1. The first-order chi connectivity index (χ1) is 7.44. The van der Waals surface area contributed by atoms with Crippen molar-refractivity contribution in [1.82, 2.24) is 5.43 Å². The first kappa shape index (κ1) is 13.7. The number of nitrogens with two attached hydrogens (primary N) is 1. The van der Waals surface area contributed by atoms with Crippen molar-refractivity contribution in [2.24, 2.45) is 5.84 Å². The van der Waals surface area contributed by atoms with E-state index in [1.807, 2.05) is 12.1 Å². The summed E-state index contributed by atoms with van der Waals surface area (Å²) in [4.78, 5) is 0. The van der Waals surface area contributed by atoms with Gasteiger partial charge in [0.05, 0.1) is 0 Å². The number of hydrogen-bond acceptors (Lipinski definition) is 2. The summed E-state index contributed by atoms with van der Waals surface area (Å²) in [5, 5.41) is 0. The Labute approximate surface area is 106 Å². The first-order valence-corrected chi connectivity index (χ1v) is 5.79. The van der Waals surface area contributed by atoms with E-state index in [9.17, 15) is 13.2 Å². The zero-order valence-corrected chi connectivity index (χ0v) is 10.5. The van der Waals surface area contributed by atoms with Crippen LogP contribution in [0.1, 0.15) is 24.4 Å². The monoisotopic (exact) mass is 344 g/mol. The molecule has 0 heterocycles. The highest BCUT2D eigenvalue weighted by atomic mass is 127. The minimum atomic E-state index is -4.14. The second kappa shape index (κ2) is 5.83. The summed E-state index contributed by atoms with van der Waals surface area (Å²) in [7, 11) is 0. The fraction of sp³-hybridized carbons (Fsp3) is 0.400. The molecule has 0 aliphatic heterocycles. The molecule has 0 spiro atoms. The van der Waals surface area contributed by atoms with Crippen LogP contribution in [0.4, 0.5) is 13.2 Å². The van der Waals surface area contributed by atoms with Crippen molar-refractivity contribution in [3.05, 3.63) is 33.4 Å².